The number of nitrogens with two attached hydrogens (primary N) is 1. The number of nitrogens with one attached hydrogen (secondary N) is 1. The summed E-state index contributed by atoms with van der Waals surface area (Å²) >= 11 is 0. The van der Waals surface area contributed by atoms with Gasteiger partial charge in [0.2, 0.25) is 6.79 Å². The zero-order valence-corrected chi connectivity index (χ0v) is 18.0. The van der Waals surface area contributed by atoms with Crippen molar-refractivity contribution in [2.75, 3.05) is 40.8 Å². The van der Waals surface area contributed by atoms with Crippen molar-refractivity contribution >= 4 is 5.96 Å². The van der Waals surface area contributed by atoms with E-state index in [1.807, 2.05) is 24.3 Å². The third-order valence-electron chi connectivity index (χ3n) is 5.92. The highest BCUT2D eigenvalue weighted by Crippen LogP contribution is 2.40. The first-order valence-electron chi connectivity index (χ1n) is 10.4. The van der Waals surface area contributed by atoms with Gasteiger partial charge in [0.1, 0.15) is 0 Å². The maximum absolute atomic E-state index is 6.20. The van der Waals surface area contributed by atoms with Gasteiger partial charge < -0.3 is 34.7 Å². The van der Waals surface area contributed by atoms with E-state index in [1.165, 1.54) is 5.56 Å². The van der Waals surface area contributed by atoms with Gasteiger partial charge in [0.05, 0.1) is 20.8 Å². The molecular formula is C23H29N3O5. The van der Waals surface area contributed by atoms with E-state index in [-0.39, 0.29) is 12.2 Å². The quantitative estimate of drug-likeness (QED) is 0.518. The molecule has 0 saturated carbocycles. The maximum Gasteiger partial charge on any atom is 0.231 e. The monoisotopic (exact) mass is 427 g/mol. The van der Waals surface area contributed by atoms with Crippen LogP contribution in [0.1, 0.15) is 24.0 Å². The summed E-state index contributed by atoms with van der Waals surface area (Å²) in [5.74, 6) is 3.34. The van der Waals surface area contributed by atoms with Crippen LogP contribution in [0.2, 0.25) is 0 Å². The summed E-state index contributed by atoms with van der Waals surface area (Å²) in [6, 6.07) is 11.9. The zero-order valence-electron chi connectivity index (χ0n) is 18.0. The summed E-state index contributed by atoms with van der Waals surface area (Å²) in [6.07, 6.45) is 1.78. The molecule has 3 N–H and O–H groups in total. The van der Waals surface area contributed by atoms with Gasteiger partial charge in [0.15, 0.2) is 29.0 Å². The molecule has 1 saturated heterocycles. The Kier molecular flexibility index (Phi) is 6.36. The first-order chi connectivity index (χ1) is 15.1. The van der Waals surface area contributed by atoms with E-state index in [0.29, 0.717) is 43.8 Å². The average Bonchev–Trinajstić information content (AvgIpc) is 3.30. The van der Waals surface area contributed by atoms with Crippen molar-refractivity contribution in [1.29, 1.82) is 0 Å². The van der Waals surface area contributed by atoms with Crippen molar-refractivity contribution in [1.82, 2.24) is 5.32 Å². The number of fused-ring (bicyclic) bond motifs is 1. The molecule has 31 heavy (non-hydrogen) atoms. The van der Waals surface area contributed by atoms with Crippen LogP contribution in [0.4, 0.5) is 0 Å². The molecule has 0 bridgehead atoms. The van der Waals surface area contributed by atoms with Crippen molar-refractivity contribution in [2.24, 2.45) is 10.7 Å². The zero-order chi connectivity index (χ0) is 21.7. The molecule has 1 fully saturated rings. The SMILES string of the molecule is COc1ccc(CN=C(N)NCC2(c3ccc4c(c3)OCO4)CCOCC2)cc1OC. The van der Waals surface area contributed by atoms with Gasteiger partial charge >= 0.3 is 0 Å². The number of guanidine groups is 1. The highest BCUT2D eigenvalue weighted by molar-refractivity contribution is 5.78. The van der Waals surface area contributed by atoms with Crippen LogP contribution in [0.3, 0.4) is 0 Å². The number of hydrogen-bond donors (Lipinski definition) is 2. The summed E-state index contributed by atoms with van der Waals surface area (Å²) in [6.45, 7) is 2.79. The Morgan fingerprint density at radius 2 is 1.81 bits per heavy atom. The molecule has 0 radical (unpaired) electrons. The topological polar surface area (TPSA) is 96.6 Å². The number of methoxy groups -OCH3 is 2. The normalized spacial score (nSPS) is 17.3. The summed E-state index contributed by atoms with van der Waals surface area (Å²) in [4.78, 5) is 4.50. The van der Waals surface area contributed by atoms with Gasteiger partial charge in [-0.1, -0.05) is 12.1 Å². The molecule has 2 heterocycles. The molecule has 2 aromatic carbocycles. The fourth-order valence-electron chi connectivity index (χ4n) is 4.03. The first-order valence-corrected chi connectivity index (χ1v) is 10.4. The Bertz CT molecular complexity index is 941. The van der Waals surface area contributed by atoms with Gasteiger partial charge in [0, 0.05) is 25.2 Å². The lowest BCUT2D eigenvalue weighted by Gasteiger charge is -2.38. The van der Waals surface area contributed by atoms with Crippen LogP contribution in [-0.2, 0) is 16.7 Å². The molecule has 0 aliphatic carbocycles. The van der Waals surface area contributed by atoms with Crippen molar-refractivity contribution in [3.63, 3.8) is 0 Å². The molecule has 0 unspecified atom stereocenters. The molecule has 0 atom stereocenters. The number of nitrogens with zero attached hydrogens (tertiary/aromatic N) is 1. The lowest BCUT2D eigenvalue weighted by atomic mass is 9.74. The van der Waals surface area contributed by atoms with Gasteiger partial charge in [-0.3, -0.25) is 0 Å². The Hall–Kier alpha value is -3.13. The Balaban J connectivity index is 1.45. The van der Waals surface area contributed by atoms with Gasteiger partial charge in [-0.15, -0.1) is 0 Å². The molecule has 8 nitrogen and oxygen atoms in total. The summed E-state index contributed by atoms with van der Waals surface area (Å²) in [5, 5.41) is 3.32. The Morgan fingerprint density at radius 3 is 2.58 bits per heavy atom. The molecule has 0 amide bonds. The molecule has 2 aliphatic heterocycles. The summed E-state index contributed by atoms with van der Waals surface area (Å²) in [7, 11) is 3.23. The van der Waals surface area contributed by atoms with Crippen LogP contribution in [-0.4, -0.2) is 46.7 Å². The smallest absolute Gasteiger partial charge is 0.231 e. The van der Waals surface area contributed by atoms with Crippen molar-refractivity contribution in [2.45, 2.75) is 24.8 Å². The average molecular weight is 428 g/mol. The van der Waals surface area contributed by atoms with E-state index in [1.54, 1.807) is 14.2 Å². The molecule has 4 rings (SSSR count). The second-order valence-electron chi connectivity index (χ2n) is 7.71. The van der Waals surface area contributed by atoms with E-state index in [2.05, 4.69) is 22.4 Å². The fourth-order valence-corrected chi connectivity index (χ4v) is 4.03. The maximum atomic E-state index is 6.20. The van der Waals surface area contributed by atoms with Gasteiger partial charge in [-0.25, -0.2) is 4.99 Å². The van der Waals surface area contributed by atoms with Crippen molar-refractivity contribution < 1.29 is 23.7 Å². The minimum Gasteiger partial charge on any atom is -0.493 e. The van der Waals surface area contributed by atoms with Crippen molar-refractivity contribution in [3.05, 3.63) is 47.5 Å². The highest BCUT2D eigenvalue weighted by Gasteiger charge is 2.35. The molecule has 0 spiro atoms. The third kappa shape index (κ3) is 4.64. The number of rotatable bonds is 7. The number of aliphatic imine (C=N–C) groups is 1. The molecule has 0 aromatic heterocycles. The predicted molar refractivity (Wildman–Crippen MR) is 117 cm³/mol. The largest absolute Gasteiger partial charge is 0.493 e. The second kappa shape index (κ2) is 9.34. The predicted octanol–water partition coefficient (Wildman–Crippen LogP) is 2.59. The van der Waals surface area contributed by atoms with E-state index >= 15 is 0 Å². The Morgan fingerprint density at radius 1 is 1.03 bits per heavy atom. The summed E-state index contributed by atoms with van der Waals surface area (Å²) < 4.78 is 27.3. The van der Waals surface area contributed by atoms with Gasteiger partial charge in [-0.05, 0) is 48.2 Å². The van der Waals surface area contributed by atoms with Crippen LogP contribution >= 0.6 is 0 Å². The van der Waals surface area contributed by atoms with Crippen LogP contribution < -0.4 is 30.0 Å². The first kappa shape index (κ1) is 21.1. The number of benzene rings is 2. The van der Waals surface area contributed by atoms with Crippen LogP contribution in [0.25, 0.3) is 0 Å². The van der Waals surface area contributed by atoms with E-state index < -0.39 is 0 Å². The van der Waals surface area contributed by atoms with E-state index in [0.717, 1.165) is 29.9 Å². The number of hydrogen-bond acceptors (Lipinski definition) is 6. The highest BCUT2D eigenvalue weighted by atomic mass is 16.7. The molecular weight excluding hydrogens is 398 g/mol. The molecule has 2 aromatic rings. The van der Waals surface area contributed by atoms with Gasteiger partial charge in [0.25, 0.3) is 0 Å². The second-order valence-corrected chi connectivity index (χ2v) is 7.71. The van der Waals surface area contributed by atoms with Gasteiger partial charge in [-0.2, -0.15) is 0 Å². The van der Waals surface area contributed by atoms with E-state index in [9.17, 15) is 0 Å². The molecule has 2 aliphatic rings. The minimum absolute atomic E-state index is 0.108. The minimum atomic E-state index is -0.108. The number of ether oxygens (including phenoxy) is 5. The lowest BCUT2D eigenvalue weighted by molar-refractivity contribution is 0.0513. The fraction of sp³-hybridized carbons (Fsp3) is 0.435. The van der Waals surface area contributed by atoms with Crippen LogP contribution in [0.5, 0.6) is 23.0 Å². The molecule has 166 valence electrons. The Labute approximate surface area is 182 Å². The standard InChI is InChI=1S/C23H29N3O5/c1-27-18-5-3-16(11-20(18)28-2)13-25-22(24)26-14-23(7-9-29-10-8-23)17-4-6-19-21(12-17)31-15-30-19/h3-6,11-12H,7-10,13-15H2,1-2H3,(H3,24,25,26). The van der Waals surface area contributed by atoms with E-state index in [4.69, 9.17) is 29.4 Å². The van der Waals surface area contributed by atoms with Crippen LogP contribution in [0, 0.1) is 0 Å². The third-order valence-corrected chi connectivity index (χ3v) is 5.92. The van der Waals surface area contributed by atoms with Crippen molar-refractivity contribution in [3.8, 4) is 23.0 Å². The lowest BCUT2D eigenvalue weighted by Crippen LogP contribution is -2.46. The molecule has 8 heteroatoms. The summed E-state index contributed by atoms with van der Waals surface area (Å²) in [5.41, 5.74) is 8.27. The van der Waals surface area contributed by atoms with Crippen LogP contribution in [0.15, 0.2) is 41.4 Å².